The molecule has 3 aromatic rings. The average Bonchev–Trinajstić information content (AvgIpc) is 3.42. The maximum atomic E-state index is 14.1. The minimum atomic E-state index is -2.80. The molecule has 0 atom stereocenters. The molecule has 1 saturated carbocycles. The van der Waals surface area contributed by atoms with E-state index in [2.05, 4.69) is 15.0 Å². The topological polar surface area (TPSA) is 106 Å². The molecular formula is C29H36F2N6O4. The molecule has 2 aliphatic heterocycles. The van der Waals surface area contributed by atoms with Gasteiger partial charge in [-0.1, -0.05) is 12.1 Å². The van der Waals surface area contributed by atoms with Crippen molar-refractivity contribution in [2.24, 2.45) is 11.8 Å². The van der Waals surface area contributed by atoms with Gasteiger partial charge in [-0.2, -0.15) is 9.97 Å². The highest BCUT2D eigenvalue weighted by Gasteiger charge is 2.32. The first-order chi connectivity index (χ1) is 20.0. The number of morpholine rings is 1. The van der Waals surface area contributed by atoms with Gasteiger partial charge in [-0.15, -0.1) is 0 Å². The number of carbonyl (C=O) groups is 1. The highest BCUT2D eigenvalue weighted by molar-refractivity contribution is 5.79. The molecular weight excluding hydrogens is 534 g/mol. The summed E-state index contributed by atoms with van der Waals surface area (Å²) >= 11 is 0. The van der Waals surface area contributed by atoms with E-state index in [1.165, 1.54) is 4.57 Å². The number of anilines is 1. The predicted octanol–water partition coefficient (Wildman–Crippen LogP) is 3.76. The van der Waals surface area contributed by atoms with E-state index in [4.69, 9.17) is 9.47 Å². The van der Waals surface area contributed by atoms with E-state index in [0.29, 0.717) is 81.0 Å². The Labute approximate surface area is 237 Å². The molecule has 10 nitrogen and oxygen atoms in total. The maximum absolute atomic E-state index is 14.1. The van der Waals surface area contributed by atoms with Gasteiger partial charge in [-0.05, 0) is 56.6 Å². The number of hydrogen-bond acceptors (Lipinski definition) is 8. The molecule has 3 fully saturated rings. The van der Waals surface area contributed by atoms with Crippen molar-refractivity contribution in [1.82, 2.24) is 24.4 Å². The highest BCUT2D eigenvalue weighted by Crippen LogP contribution is 2.33. The van der Waals surface area contributed by atoms with Gasteiger partial charge in [0, 0.05) is 44.8 Å². The van der Waals surface area contributed by atoms with Crippen molar-refractivity contribution in [3.63, 3.8) is 0 Å². The minimum absolute atomic E-state index is 0.0312. The quantitative estimate of drug-likeness (QED) is 0.458. The standard InChI is InChI=1S/C29H36F2N6O4/c30-26(31)27-32-22-3-1-2-4-23(22)37(27)24-17-25(34-29(33-24)36-13-15-40-16-14-36)41-21-7-5-20(6-8-21)28(39)35-11-9-19(18-38)10-12-35/h1-4,17,19-21,26,38H,5-16,18H2. The lowest BCUT2D eigenvalue weighted by molar-refractivity contribution is -0.138. The molecule has 0 radical (unpaired) electrons. The van der Waals surface area contributed by atoms with Crippen LogP contribution in [0.2, 0.25) is 0 Å². The third kappa shape index (κ3) is 5.99. The van der Waals surface area contributed by atoms with Crippen molar-refractivity contribution in [2.75, 3.05) is 50.9 Å². The first-order valence-electron chi connectivity index (χ1n) is 14.5. The van der Waals surface area contributed by atoms with E-state index in [1.54, 1.807) is 30.3 Å². The number of benzene rings is 1. The SMILES string of the molecule is O=C(C1CCC(Oc2cc(-n3c(C(F)F)nc4ccccc43)nc(N3CCOCC3)n2)CC1)N1CCC(CO)CC1. The highest BCUT2D eigenvalue weighted by atomic mass is 19.3. The van der Waals surface area contributed by atoms with Crippen molar-refractivity contribution < 1.29 is 28.2 Å². The Balaban J connectivity index is 1.22. The number of hydrogen-bond donors (Lipinski definition) is 1. The Hall–Kier alpha value is -3.38. The Morgan fingerprint density at radius 2 is 1.73 bits per heavy atom. The number of nitrogens with zero attached hydrogens (tertiary/aromatic N) is 6. The molecule has 2 aromatic heterocycles. The number of alkyl halides is 2. The van der Waals surface area contributed by atoms with Crippen LogP contribution in [0, 0.1) is 11.8 Å². The van der Waals surface area contributed by atoms with Crippen LogP contribution in [0.15, 0.2) is 30.3 Å². The second-order valence-corrected chi connectivity index (χ2v) is 11.1. The van der Waals surface area contributed by atoms with Crippen LogP contribution < -0.4 is 9.64 Å². The second kappa shape index (κ2) is 12.2. The summed E-state index contributed by atoms with van der Waals surface area (Å²) in [6, 6.07) is 8.60. The minimum Gasteiger partial charge on any atom is -0.474 e. The van der Waals surface area contributed by atoms with E-state index in [-0.39, 0.29) is 36.2 Å². The van der Waals surface area contributed by atoms with Gasteiger partial charge in [0.15, 0.2) is 5.82 Å². The fourth-order valence-corrected chi connectivity index (χ4v) is 6.10. The number of halogens is 2. The number of para-hydroxylation sites is 2. The van der Waals surface area contributed by atoms with Crippen LogP contribution in [-0.2, 0) is 9.53 Å². The molecule has 0 bridgehead atoms. The number of amides is 1. The first-order valence-corrected chi connectivity index (χ1v) is 14.5. The Kier molecular flexibility index (Phi) is 8.29. The fraction of sp³-hybridized carbons (Fsp3) is 0.586. The molecule has 6 rings (SSSR count). The number of imidazole rings is 1. The van der Waals surface area contributed by atoms with Gasteiger partial charge in [-0.25, -0.2) is 13.8 Å². The fourth-order valence-electron chi connectivity index (χ4n) is 6.10. The lowest BCUT2D eigenvalue weighted by Crippen LogP contribution is -2.43. The monoisotopic (exact) mass is 570 g/mol. The molecule has 0 unspecified atom stereocenters. The summed E-state index contributed by atoms with van der Waals surface area (Å²) in [7, 11) is 0. The number of likely N-dealkylation sites (tertiary alicyclic amines) is 1. The Bertz CT molecular complexity index is 1350. The summed E-state index contributed by atoms with van der Waals surface area (Å²) in [5.41, 5.74) is 0.989. The van der Waals surface area contributed by atoms with Gasteiger partial charge in [0.1, 0.15) is 11.9 Å². The number of carbonyl (C=O) groups excluding carboxylic acids is 1. The van der Waals surface area contributed by atoms with Gasteiger partial charge in [-0.3, -0.25) is 9.36 Å². The molecule has 1 aliphatic carbocycles. The van der Waals surface area contributed by atoms with E-state index in [0.717, 1.165) is 25.7 Å². The summed E-state index contributed by atoms with van der Waals surface area (Å²) in [5, 5.41) is 9.39. The average molecular weight is 571 g/mol. The van der Waals surface area contributed by atoms with Crippen LogP contribution >= 0.6 is 0 Å². The predicted molar refractivity (Wildman–Crippen MR) is 147 cm³/mol. The van der Waals surface area contributed by atoms with Gasteiger partial charge >= 0.3 is 0 Å². The lowest BCUT2D eigenvalue weighted by atomic mass is 9.85. The summed E-state index contributed by atoms with van der Waals surface area (Å²) in [6.45, 7) is 3.81. The van der Waals surface area contributed by atoms with Crippen molar-refractivity contribution in [3.8, 4) is 11.7 Å². The number of aliphatic hydroxyl groups excluding tert-OH is 1. The molecule has 3 aliphatic rings. The van der Waals surface area contributed by atoms with Gasteiger partial charge in [0.25, 0.3) is 6.43 Å². The number of rotatable bonds is 7. The number of aliphatic hydroxyl groups is 1. The van der Waals surface area contributed by atoms with E-state index < -0.39 is 6.43 Å². The Morgan fingerprint density at radius 3 is 2.44 bits per heavy atom. The molecule has 12 heteroatoms. The summed E-state index contributed by atoms with van der Waals surface area (Å²) < 4.78 is 41.5. The Morgan fingerprint density at radius 1 is 1.00 bits per heavy atom. The van der Waals surface area contributed by atoms with Crippen LogP contribution in [-0.4, -0.2) is 87.5 Å². The van der Waals surface area contributed by atoms with Crippen molar-refractivity contribution >= 4 is 22.9 Å². The zero-order valence-corrected chi connectivity index (χ0v) is 23.0. The molecule has 2 saturated heterocycles. The van der Waals surface area contributed by atoms with Crippen LogP contribution in [0.4, 0.5) is 14.7 Å². The first kappa shape index (κ1) is 27.8. The molecule has 0 spiro atoms. The number of ether oxygens (including phenoxy) is 2. The normalized spacial score (nSPS) is 22.4. The van der Waals surface area contributed by atoms with Gasteiger partial charge < -0.3 is 24.4 Å². The summed E-state index contributed by atoms with van der Waals surface area (Å²) in [5.74, 6) is 1.06. The second-order valence-electron chi connectivity index (χ2n) is 11.1. The number of aromatic nitrogens is 4. The molecule has 1 N–H and O–H groups in total. The summed E-state index contributed by atoms with van der Waals surface area (Å²) in [4.78, 5) is 30.6. The van der Waals surface area contributed by atoms with Crippen molar-refractivity contribution in [2.45, 2.75) is 51.1 Å². The van der Waals surface area contributed by atoms with E-state index >= 15 is 0 Å². The molecule has 220 valence electrons. The third-order valence-electron chi connectivity index (χ3n) is 8.48. The number of fused-ring (bicyclic) bond motifs is 1. The van der Waals surface area contributed by atoms with Crippen molar-refractivity contribution in [3.05, 3.63) is 36.2 Å². The molecule has 1 aromatic carbocycles. The van der Waals surface area contributed by atoms with E-state index in [1.807, 2.05) is 9.80 Å². The van der Waals surface area contributed by atoms with Crippen molar-refractivity contribution in [1.29, 1.82) is 0 Å². The smallest absolute Gasteiger partial charge is 0.296 e. The molecule has 4 heterocycles. The maximum Gasteiger partial charge on any atom is 0.296 e. The summed E-state index contributed by atoms with van der Waals surface area (Å²) in [6.07, 6.45) is 1.60. The molecule has 41 heavy (non-hydrogen) atoms. The zero-order valence-electron chi connectivity index (χ0n) is 23.0. The lowest BCUT2D eigenvalue weighted by Gasteiger charge is -2.36. The van der Waals surface area contributed by atoms with Gasteiger partial charge in [0.2, 0.25) is 17.7 Å². The van der Waals surface area contributed by atoms with Crippen LogP contribution in [0.5, 0.6) is 5.88 Å². The number of piperidine rings is 1. The van der Waals surface area contributed by atoms with Crippen LogP contribution in [0.1, 0.15) is 50.8 Å². The van der Waals surface area contributed by atoms with Gasteiger partial charge in [0.05, 0.1) is 24.2 Å². The third-order valence-corrected chi connectivity index (χ3v) is 8.48. The van der Waals surface area contributed by atoms with Crippen LogP contribution in [0.3, 0.4) is 0 Å². The zero-order chi connectivity index (χ0) is 28.3. The molecule has 1 amide bonds. The van der Waals surface area contributed by atoms with E-state index in [9.17, 15) is 18.7 Å². The van der Waals surface area contributed by atoms with Crippen LogP contribution in [0.25, 0.3) is 16.9 Å². The largest absolute Gasteiger partial charge is 0.474 e.